The van der Waals surface area contributed by atoms with Crippen molar-refractivity contribution in [2.24, 2.45) is 13.0 Å². The van der Waals surface area contributed by atoms with Gasteiger partial charge in [0.25, 0.3) is 5.56 Å². The molecule has 0 amide bonds. The highest BCUT2D eigenvalue weighted by Crippen LogP contribution is 2.42. The van der Waals surface area contributed by atoms with Crippen molar-refractivity contribution < 1.29 is 9.53 Å². The number of carbonyl (C=O) groups is 1. The Hall–Kier alpha value is -3.46. The quantitative estimate of drug-likeness (QED) is 0.424. The molecule has 1 unspecified atom stereocenters. The summed E-state index contributed by atoms with van der Waals surface area (Å²) < 4.78 is 7.81. The van der Waals surface area contributed by atoms with Crippen molar-refractivity contribution >= 4 is 27.5 Å². The van der Waals surface area contributed by atoms with Crippen LogP contribution >= 0.6 is 11.3 Å². The average molecular weight is 481 g/mol. The second-order valence-electron chi connectivity index (χ2n) is 9.05. The molecule has 1 atom stereocenters. The zero-order valence-corrected chi connectivity index (χ0v) is 20.9. The summed E-state index contributed by atoms with van der Waals surface area (Å²) in [5.74, 6) is -0.822. The summed E-state index contributed by atoms with van der Waals surface area (Å²) in [5.41, 5.74) is 3.26. The molecule has 0 saturated heterocycles. The predicted octanol–water partition coefficient (Wildman–Crippen LogP) is 3.72. The number of ether oxygens (including phenoxy) is 1. The minimum Gasteiger partial charge on any atom is -0.465 e. The summed E-state index contributed by atoms with van der Waals surface area (Å²) in [5, 5.41) is 7.21. The number of rotatable bonds is 6. The number of aryl methyl sites for hydroxylation is 2. The van der Waals surface area contributed by atoms with Gasteiger partial charge >= 0.3 is 11.7 Å². The van der Waals surface area contributed by atoms with E-state index in [2.05, 4.69) is 28.4 Å². The highest BCUT2D eigenvalue weighted by Gasteiger charge is 2.32. The fraction of sp³-hybridized carbons (Fsp3) is 0.360. The van der Waals surface area contributed by atoms with Crippen LogP contribution in [0.3, 0.4) is 0 Å². The molecule has 3 aromatic heterocycles. The van der Waals surface area contributed by atoms with Crippen LogP contribution < -0.4 is 11.2 Å². The maximum Gasteiger partial charge on any atom is 0.339 e. The Morgan fingerprint density at radius 2 is 1.82 bits per heavy atom. The molecule has 8 nitrogen and oxygen atoms in total. The van der Waals surface area contributed by atoms with Gasteiger partial charge < -0.3 is 4.74 Å². The smallest absolute Gasteiger partial charge is 0.339 e. The number of nitrogens with zero attached hydrogens (tertiary/aromatic N) is 3. The van der Waals surface area contributed by atoms with Crippen molar-refractivity contribution in [2.75, 3.05) is 7.11 Å². The highest BCUT2D eigenvalue weighted by molar-refractivity contribution is 7.19. The second kappa shape index (κ2) is 9.06. The van der Waals surface area contributed by atoms with Crippen molar-refractivity contribution in [2.45, 2.75) is 40.2 Å². The summed E-state index contributed by atoms with van der Waals surface area (Å²) in [4.78, 5) is 40.7. The van der Waals surface area contributed by atoms with Crippen molar-refractivity contribution in [1.82, 2.24) is 19.3 Å². The number of fused-ring (bicyclic) bond motifs is 1. The van der Waals surface area contributed by atoms with Crippen LogP contribution in [-0.2, 0) is 18.3 Å². The van der Waals surface area contributed by atoms with Gasteiger partial charge in [0.1, 0.15) is 4.83 Å². The van der Waals surface area contributed by atoms with Crippen molar-refractivity contribution in [1.29, 1.82) is 0 Å². The van der Waals surface area contributed by atoms with Gasteiger partial charge in [-0.3, -0.25) is 19.0 Å². The maximum absolute atomic E-state index is 13.3. The molecule has 0 radical (unpaired) electrons. The molecular formula is C25H28N4O4S. The number of esters is 1. The molecule has 0 aliphatic heterocycles. The van der Waals surface area contributed by atoms with Crippen LogP contribution in [0.25, 0.3) is 10.2 Å². The molecule has 178 valence electrons. The Balaban J connectivity index is 2.17. The number of hydrogen-bond donors (Lipinski definition) is 1. The molecule has 0 saturated carbocycles. The molecule has 0 spiro atoms. The zero-order valence-electron chi connectivity index (χ0n) is 20.1. The third-order valence-electron chi connectivity index (χ3n) is 5.83. The first-order valence-corrected chi connectivity index (χ1v) is 11.9. The summed E-state index contributed by atoms with van der Waals surface area (Å²) in [6.45, 7) is 8.46. The van der Waals surface area contributed by atoms with Gasteiger partial charge in [0.15, 0.2) is 0 Å². The van der Waals surface area contributed by atoms with Crippen LogP contribution in [0.2, 0.25) is 0 Å². The second-order valence-corrected chi connectivity index (χ2v) is 10.1. The summed E-state index contributed by atoms with van der Waals surface area (Å²) in [6.07, 6.45) is 3.50. The van der Waals surface area contributed by atoms with Crippen molar-refractivity contribution in [3.8, 4) is 0 Å². The van der Waals surface area contributed by atoms with Crippen LogP contribution in [0.4, 0.5) is 0 Å². The Morgan fingerprint density at radius 3 is 2.38 bits per heavy atom. The van der Waals surface area contributed by atoms with Crippen LogP contribution in [0.15, 0.2) is 40.2 Å². The molecule has 1 aromatic carbocycles. The van der Waals surface area contributed by atoms with E-state index in [-0.39, 0.29) is 22.8 Å². The monoisotopic (exact) mass is 480 g/mol. The van der Waals surface area contributed by atoms with Gasteiger partial charge in [-0.2, -0.15) is 5.10 Å². The Bertz CT molecular complexity index is 1470. The molecule has 3 heterocycles. The highest BCUT2D eigenvalue weighted by atomic mass is 32.1. The van der Waals surface area contributed by atoms with Gasteiger partial charge in [0.2, 0.25) is 0 Å². The van der Waals surface area contributed by atoms with E-state index in [9.17, 15) is 14.4 Å². The third-order valence-corrected chi connectivity index (χ3v) is 7.11. The Kier molecular flexibility index (Phi) is 6.31. The average Bonchev–Trinajstić information content (AvgIpc) is 3.43. The molecule has 1 N–H and O–H groups in total. The first-order valence-electron chi connectivity index (χ1n) is 11.0. The Labute approximate surface area is 200 Å². The number of aromatic nitrogens is 4. The van der Waals surface area contributed by atoms with Gasteiger partial charge in [-0.15, -0.1) is 11.3 Å². The summed E-state index contributed by atoms with van der Waals surface area (Å²) in [7, 11) is 2.74. The van der Waals surface area contributed by atoms with E-state index in [0.29, 0.717) is 16.3 Å². The minimum absolute atomic E-state index is 0.162. The number of carbonyl (C=O) groups excluding carboxylic acids is 1. The minimum atomic E-state index is -0.606. The Morgan fingerprint density at radius 1 is 1.15 bits per heavy atom. The third kappa shape index (κ3) is 4.00. The van der Waals surface area contributed by atoms with Gasteiger partial charge in [-0.25, -0.2) is 9.59 Å². The first kappa shape index (κ1) is 23.7. The number of nitrogens with one attached hydrogen (secondary N) is 1. The van der Waals surface area contributed by atoms with Gasteiger partial charge in [0, 0.05) is 36.1 Å². The van der Waals surface area contributed by atoms with E-state index in [4.69, 9.17) is 4.74 Å². The number of H-pyrrole nitrogens is 1. The molecule has 4 aromatic rings. The molecular weight excluding hydrogens is 452 g/mol. The zero-order chi connectivity index (χ0) is 24.7. The molecule has 4 rings (SSSR count). The number of benzene rings is 1. The largest absolute Gasteiger partial charge is 0.465 e. The molecule has 0 aliphatic carbocycles. The maximum atomic E-state index is 13.3. The number of methoxy groups -OCH3 is 1. The summed E-state index contributed by atoms with van der Waals surface area (Å²) in [6, 6.07) is 6.21. The van der Waals surface area contributed by atoms with E-state index in [0.717, 1.165) is 26.8 Å². The molecule has 9 heteroatoms. The lowest BCUT2D eigenvalue weighted by molar-refractivity contribution is 0.0602. The van der Waals surface area contributed by atoms with Crippen molar-refractivity contribution in [3.05, 3.63) is 84.1 Å². The number of thiophene rings is 1. The van der Waals surface area contributed by atoms with Crippen LogP contribution in [0.1, 0.15) is 57.3 Å². The van der Waals surface area contributed by atoms with Crippen LogP contribution in [0, 0.1) is 19.8 Å². The predicted molar refractivity (Wildman–Crippen MR) is 133 cm³/mol. The van der Waals surface area contributed by atoms with Gasteiger partial charge in [-0.05, 0) is 25.3 Å². The lowest BCUT2D eigenvalue weighted by Gasteiger charge is -2.17. The topological polar surface area (TPSA) is 99.0 Å². The SMILES string of the molecule is COC(=O)c1c(C(c2cn[nH]c2)c2cc(C)cc(C)c2)sc2c1c(=O)n(C)c(=O)n2CC(C)C. The van der Waals surface area contributed by atoms with Crippen LogP contribution in [0.5, 0.6) is 0 Å². The normalized spacial score (nSPS) is 12.4. The van der Waals surface area contributed by atoms with Crippen LogP contribution in [-0.4, -0.2) is 32.4 Å². The van der Waals surface area contributed by atoms with E-state index in [1.54, 1.807) is 17.0 Å². The number of aromatic amines is 1. The summed E-state index contributed by atoms with van der Waals surface area (Å²) >= 11 is 1.29. The molecule has 0 aliphatic rings. The number of hydrogen-bond acceptors (Lipinski definition) is 6. The van der Waals surface area contributed by atoms with E-state index in [1.807, 2.05) is 27.7 Å². The fourth-order valence-corrected chi connectivity index (χ4v) is 5.91. The van der Waals surface area contributed by atoms with Gasteiger partial charge in [0.05, 0.1) is 24.3 Å². The van der Waals surface area contributed by atoms with E-state index >= 15 is 0 Å². The molecule has 0 bridgehead atoms. The first-order chi connectivity index (χ1) is 16.1. The lowest BCUT2D eigenvalue weighted by Crippen LogP contribution is -2.38. The fourth-order valence-electron chi connectivity index (χ4n) is 4.47. The van der Waals surface area contributed by atoms with E-state index in [1.165, 1.54) is 25.5 Å². The van der Waals surface area contributed by atoms with Gasteiger partial charge in [-0.1, -0.05) is 43.2 Å². The van der Waals surface area contributed by atoms with E-state index < -0.39 is 17.2 Å². The molecule has 34 heavy (non-hydrogen) atoms. The standard InChI is InChI=1S/C25H28N4O4S/c1-13(2)12-29-23-20(22(30)28(5)25(29)32)19(24(31)33-6)21(34-23)18(17-10-26-27-11-17)16-8-14(3)7-15(4)9-16/h7-11,13,18H,12H2,1-6H3,(H,26,27). The lowest BCUT2D eigenvalue weighted by atomic mass is 9.88. The van der Waals surface area contributed by atoms with Crippen molar-refractivity contribution in [3.63, 3.8) is 0 Å². The molecule has 0 fully saturated rings.